The van der Waals surface area contributed by atoms with Gasteiger partial charge in [0.1, 0.15) is 5.82 Å². The van der Waals surface area contributed by atoms with Crippen molar-refractivity contribution in [1.29, 1.82) is 0 Å². The second-order valence-corrected chi connectivity index (χ2v) is 8.98. The molecule has 0 radical (unpaired) electrons. The number of hydrogen-bond acceptors (Lipinski definition) is 2. The van der Waals surface area contributed by atoms with Crippen LogP contribution >= 0.6 is 0 Å². The van der Waals surface area contributed by atoms with Crippen LogP contribution in [0.1, 0.15) is 53.9 Å². The fraction of sp³-hybridized carbons (Fsp3) is 0.440. The summed E-state index contributed by atoms with van der Waals surface area (Å²) in [6, 6.07) is 7.61. The van der Waals surface area contributed by atoms with Gasteiger partial charge >= 0.3 is 12.4 Å². The summed E-state index contributed by atoms with van der Waals surface area (Å²) < 4.78 is 98.7. The maximum Gasteiger partial charge on any atom is 0.416 e. The number of nitrogens with one attached hydrogen (secondary N) is 1. The molecule has 0 bridgehead atoms. The van der Waals surface area contributed by atoms with Gasteiger partial charge in [0, 0.05) is 17.7 Å². The van der Waals surface area contributed by atoms with Gasteiger partial charge < -0.3 is 10.1 Å². The number of allylic oxidation sites excluding steroid dienone is 1. The van der Waals surface area contributed by atoms with Crippen LogP contribution in [0.5, 0.6) is 0 Å². The molecule has 1 saturated carbocycles. The average Bonchev–Trinajstić information content (AvgIpc) is 3.37. The Kier molecular flexibility index (Phi) is 6.68. The topological polar surface area (TPSA) is 21.3 Å². The van der Waals surface area contributed by atoms with Gasteiger partial charge in [0.2, 0.25) is 0 Å². The molecular formula is C25H24F7NO. The molecule has 1 N–H and O–H groups in total. The summed E-state index contributed by atoms with van der Waals surface area (Å²) in [5, 5.41) is 3.38. The van der Waals surface area contributed by atoms with Gasteiger partial charge in [-0.1, -0.05) is 18.7 Å². The van der Waals surface area contributed by atoms with Gasteiger partial charge in [-0.3, -0.25) is 0 Å². The predicted molar refractivity (Wildman–Crippen MR) is 112 cm³/mol. The Labute approximate surface area is 192 Å². The Morgan fingerprint density at radius 3 is 2.03 bits per heavy atom. The Balaban J connectivity index is 1.59. The molecular weight excluding hydrogens is 463 g/mol. The van der Waals surface area contributed by atoms with E-state index in [0.29, 0.717) is 18.6 Å². The number of rotatable bonds is 5. The molecule has 1 saturated heterocycles. The summed E-state index contributed by atoms with van der Waals surface area (Å²) in [6.45, 7) is 3.56. The van der Waals surface area contributed by atoms with E-state index < -0.39 is 42.0 Å². The van der Waals surface area contributed by atoms with Crippen molar-refractivity contribution in [2.75, 3.05) is 0 Å². The Hall–Kier alpha value is -2.55. The first kappa shape index (κ1) is 24.6. The van der Waals surface area contributed by atoms with Gasteiger partial charge in [0.15, 0.2) is 0 Å². The van der Waals surface area contributed by atoms with Crippen molar-refractivity contribution in [3.8, 4) is 0 Å². The molecule has 1 aliphatic carbocycles. The van der Waals surface area contributed by atoms with E-state index in [1.54, 1.807) is 12.1 Å². The van der Waals surface area contributed by atoms with Crippen LogP contribution in [0.3, 0.4) is 0 Å². The molecule has 2 aliphatic rings. The summed E-state index contributed by atoms with van der Waals surface area (Å²) in [7, 11) is 0. The molecule has 0 aromatic heterocycles. The highest BCUT2D eigenvalue weighted by Crippen LogP contribution is 2.46. The molecule has 0 spiro atoms. The Morgan fingerprint density at radius 1 is 0.882 bits per heavy atom. The molecule has 2 aromatic rings. The number of ether oxygens (including phenoxy) is 1. The van der Waals surface area contributed by atoms with Gasteiger partial charge in [-0.2, -0.15) is 26.3 Å². The van der Waals surface area contributed by atoms with Gasteiger partial charge in [-0.15, -0.1) is 0 Å². The van der Waals surface area contributed by atoms with Gasteiger partial charge in [-0.25, -0.2) is 4.39 Å². The third-order valence-electron chi connectivity index (χ3n) is 6.68. The maximum atomic E-state index is 13.5. The quantitative estimate of drug-likeness (QED) is 0.450. The lowest BCUT2D eigenvalue weighted by atomic mass is 9.82. The van der Waals surface area contributed by atoms with Crippen molar-refractivity contribution in [1.82, 2.24) is 5.32 Å². The number of benzene rings is 2. The summed E-state index contributed by atoms with van der Waals surface area (Å²) in [5.41, 5.74) is -1.18. The average molecular weight is 487 g/mol. The minimum atomic E-state index is -4.92. The summed E-state index contributed by atoms with van der Waals surface area (Å²) in [4.78, 5) is 0. The molecule has 4 atom stereocenters. The molecule has 1 heterocycles. The smallest absolute Gasteiger partial charge is 0.386 e. The van der Waals surface area contributed by atoms with Crippen LogP contribution in [0, 0.1) is 11.7 Å². The van der Waals surface area contributed by atoms with Crippen LogP contribution in [0.4, 0.5) is 30.7 Å². The SMILES string of the molecule is C=C1CC[C@@H]([C@@H]2CC[C@H](OCc3cc(C(F)(F)F)cc(C(F)(F)F)c3)[C@H]2c2ccc(F)cc2)N1. The van der Waals surface area contributed by atoms with Crippen LogP contribution in [0.15, 0.2) is 54.7 Å². The number of alkyl halides is 6. The standard InChI is InChI=1S/C25H24F7NO/c1-14-2-8-21(33-14)20-7-9-22(23(20)16-3-5-19(26)6-4-16)34-13-15-10-17(24(27,28)29)12-18(11-15)25(30,31)32/h3-6,10-12,20-23,33H,1-2,7-9,13H2/t20-,21-,22-,23-/m0/s1. The second kappa shape index (κ2) is 9.24. The maximum absolute atomic E-state index is 13.5. The van der Waals surface area contributed by atoms with Crippen molar-refractivity contribution in [3.05, 3.63) is 82.8 Å². The van der Waals surface area contributed by atoms with Crippen LogP contribution < -0.4 is 5.32 Å². The molecule has 184 valence electrons. The molecule has 0 unspecified atom stereocenters. The minimum absolute atomic E-state index is 0.106. The summed E-state index contributed by atoms with van der Waals surface area (Å²) in [6.07, 6.45) is -7.22. The lowest BCUT2D eigenvalue weighted by Gasteiger charge is -2.30. The third kappa shape index (κ3) is 5.40. The molecule has 9 heteroatoms. The highest BCUT2D eigenvalue weighted by Gasteiger charge is 2.43. The van der Waals surface area contributed by atoms with Crippen LogP contribution in [0.25, 0.3) is 0 Å². The van der Waals surface area contributed by atoms with Crippen LogP contribution in [-0.4, -0.2) is 12.1 Å². The lowest BCUT2D eigenvalue weighted by molar-refractivity contribution is -0.143. The van der Waals surface area contributed by atoms with E-state index in [-0.39, 0.29) is 29.5 Å². The zero-order valence-electron chi connectivity index (χ0n) is 18.1. The van der Waals surface area contributed by atoms with E-state index >= 15 is 0 Å². The van der Waals surface area contributed by atoms with E-state index in [1.165, 1.54) is 12.1 Å². The van der Waals surface area contributed by atoms with Crippen molar-refractivity contribution < 1.29 is 35.5 Å². The van der Waals surface area contributed by atoms with E-state index in [1.807, 2.05) is 0 Å². The Bertz CT molecular complexity index is 997. The fourth-order valence-electron chi connectivity index (χ4n) is 5.14. The third-order valence-corrected chi connectivity index (χ3v) is 6.68. The summed E-state index contributed by atoms with van der Waals surface area (Å²) in [5.74, 6) is -0.467. The van der Waals surface area contributed by atoms with E-state index in [0.717, 1.165) is 30.5 Å². The molecule has 34 heavy (non-hydrogen) atoms. The molecule has 0 amide bonds. The first-order valence-corrected chi connectivity index (χ1v) is 11.0. The van der Waals surface area contributed by atoms with Crippen molar-refractivity contribution in [3.63, 3.8) is 0 Å². The number of hydrogen-bond donors (Lipinski definition) is 1. The monoisotopic (exact) mass is 487 g/mol. The lowest BCUT2D eigenvalue weighted by Crippen LogP contribution is -2.33. The second-order valence-electron chi connectivity index (χ2n) is 8.98. The first-order chi connectivity index (χ1) is 15.9. The number of halogens is 7. The van der Waals surface area contributed by atoms with Gasteiger partial charge in [-0.05, 0) is 73.1 Å². The van der Waals surface area contributed by atoms with E-state index in [9.17, 15) is 30.7 Å². The molecule has 2 fully saturated rings. The zero-order chi connectivity index (χ0) is 24.7. The highest BCUT2D eigenvalue weighted by atomic mass is 19.4. The first-order valence-electron chi connectivity index (χ1n) is 11.0. The van der Waals surface area contributed by atoms with Crippen LogP contribution in [-0.2, 0) is 23.7 Å². The molecule has 2 nitrogen and oxygen atoms in total. The zero-order valence-corrected chi connectivity index (χ0v) is 18.1. The van der Waals surface area contributed by atoms with Crippen molar-refractivity contribution in [2.45, 2.75) is 62.7 Å². The molecule has 2 aromatic carbocycles. The normalized spacial score (nSPS) is 25.6. The van der Waals surface area contributed by atoms with E-state index in [2.05, 4.69) is 11.9 Å². The highest BCUT2D eigenvalue weighted by molar-refractivity contribution is 5.33. The largest absolute Gasteiger partial charge is 0.416 e. The van der Waals surface area contributed by atoms with E-state index in [4.69, 9.17) is 4.74 Å². The minimum Gasteiger partial charge on any atom is -0.386 e. The molecule has 4 rings (SSSR count). The van der Waals surface area contributed by atoms with Crippen molar-refractivity contribution in [2.24, 2.45) is 5.92 Å². The fourth-order valence-corrected chi connectivity index (χ4v) is 5.14. The molecule has 1 aliphatic heterocycles. The van der Waals surface area contributed by atoms with Crippen LogP contribution in [0.2, 0.25) is 0 Å². The summed E-state index contributed by atoms with van der Waals surface area (Å²) >= 11 is 0. The van der Waals surface area contributed by atoms with Crippen molar-refractivity contribution >= 4 is 0 Å². The predicted octanol–water partition coefficient (Wildman–Crippen LogP) is 7.21. The van der Waals surface area contributed by atoms with Gasteiger partial charge in [0.05, 0.1) is 23.8 Å². The van der Waals surface area contributed by atoms with Gasteiger partial charge in [0.25, 0.3) is 0 Å². The Morgan fingerprint density at radius 2 is 1.50 bits per heavy atom.